The molecule has 0 atom stereocenters. The minimum absolute atomic E-state index is 0.0231. The van der Waals surface area contributed by atoms with Crippen LogP contribution in [0, 0.1) is 12.7 Å². The van der Waals surface area contributed by atoms with E-state index < -0.39 is 11.7 Å². The van der Waals surface area contributed by atoms with Crippen LogP contribution >= 0.6 is 0 Å². The normalized spacial score (nSPS) is 10.4. The number of ether oxygens (including phenoxy) is 1. The van der Waals surface area contributed by atoms with Crippen LogP contribution in [0.3, 0.4) is 0 Å². The molecular weight excluding hydrogens is 285 g/mol. The third-order valence-electron chi connectivity index (χ3n) is 3.16. The standard InChI is InChI=1S/C17H18FNO3/c1-3-22-16-7-5-13(9-12(16)10-20)19-17(21)14-6-4-11(2)8-15(14)18/h4-9,20H,3,10H2,1-2H3,(H,19,21). The minimum atomic E-state index is -0.564. The molecule has 0 saturated carbocycles. The third-order valence-corrected chi connectivity index (χ3v) is 3.16. The number of nitrogens with one attached hydrogen (secondary N) is 1. The number of hydrogen-bond donors (Lipinski definition) is 2. The molecular formula is C17H18FNO3. The SMILES string of the molecule is CCOc1ccc(NC(=O)c2ccc(C)cc2F)cc1CO. The number of benzene rings is 2. The lowest BCUT2D eigenvalue weighted by molar-refractivity contribution is 0.102. The van der Waals surface area contributed by atoms with E-state index in [1.807, 2.05) is 6.92 Å². The number of carbonyl (C=O) groups excluding carboxylic acids is 1. The first-order chi connectivity index (χ1) is 10.5. The highest BCUT2D eigenvalue weighted by molar-refractivity contribution is 6.04. The number of carbonyl (C=O) groups is 1. The first-order valence-electron chi connectivity index (χ1n) is 6.99. The van der Waals surface area contributed by atoms with Gasteiger partial charge in [-0.05, 0) is 49.7 Å². The summed E-state index contributed by atoms with van der Waals surface area (Å²) in [5.74, 6) is -0.541. The molecule has 2 aromatic carbocycles. The van der Waals surface area contributed by atoms with E-state index in [1.54, 1.807) is 31.2 Å². The first-order valence-corrected chi connectivity index (χ1v) is 6.99. The first kappa shape index (κ1) is 16.0. The van der Waals surface area contributed by atoms with Gasteiger partial charge < -0.3 is 15.2 Å². The van der Waals surface area contributed by atoms with Crippen LogP contribution in [0.2, 0.25) is 0 Å². The monoisotopic (exact) mass is 303 g/mol. The zero-order chi connectivity index (χ0) is 16.1. The summed E-state index contributed by atoms with van der Waals surface area (Å²) in [5.41, 5.74) is 1.75. The van der Waals surface area contributed by atoms with Gasteiger partial charge in [-0.15, -0.1) is 0 Å². The van der Waals surface area contributed by atoms with Gasteiger partial charge in [-0.25, -0.2) is 4.39 Å². The summed E-state index contributed by atoms with van der Waals surface area (Å²) in [6.07, 6.45) is 0. The molecule has 0 bridgehead atoms. The van der Waals surface area contributed by atoms with Crippen molar-refractivity contribution in [3.63, 3.8) is 0 Å². The maximum atomic E-state index is 13.8. The van der Waals surface area contributed by atoms with Crippen molar-refractivity contribution in [3.05, 3.63) is 58.9 Å². The highest BCUT2D eigenvalue weighted by Gasteiger charge is 2.13. The Morgan fingerprint density at radius 2 is 2.05 bits per heavy atom. The van der Waals surface area contributed by atoms with Crippen molar-refractivity contribution in [2.75, 3.05) is 11.9 Å². The molecule has 2 N–H and O–H groups in total. The number of rotatable bonds is 5. The molecule has 0 aromatic heterocycles. The number of halogens is 1. The van der Waals surface area contributed by atoms with Crippen LogP contribution in [-0.2, 0) is 6.61 Å². The van der Waals surface area contributed by atoms with Crippen LogP contribution in [0.25, 0.3) is 0 Å². The molecule has 2 rings (SSSR count). The van der Waals surface area contributed by atoms with Crippen molar-refractivity contribution in [3.8, 4) is 5.75 Å². The Labute approximate surface area is 128 Å². The Balaban J connectivity index is 2.21. The fourth-order valence-electron chi connectivity index (χ4n) is 2.08. The molecule has 0 fully saturated rings. The van der Waals surface area contributed by atoms with Crippen LogP contribution in [0.4, 0.5) is 10.1 Å². The largest absolute Gasteiger partial charge is 0.494 e. The van der Waals surface area contributed by atoms with Gasteiger partial charge in [-0.3, -0.25) is 4.79 Å². The molecule has 1 amide bonds. The minimum Gasteiger partial charge on any atom is -0.494 e. The molecule has 0 saturated heterocycles. The van der Waals surface area contributed by atoms with Crippen molar-refractivity contribution >= 4 is 11.6 Å². The van der Waals surface area contributed by atoms with E-state index in [0.29, 0.717) is 23.6 Å². The molecule has 4 nitrogen and oxygen atoms in total. The van der Waals surface area contributed by atoms with E-state index in [1.165, 1.54) is 12.1 Å². The summed E-state index contributed by atoms with van der Waals surface area (Å²) in [6.45, 7) is 3.87. The summed E-state index contributed by atoms with van der Waals surface area (Å²) in [6, 6.07) is 9.35. The Kier molecular flexibility index (Phi) is 5.12. The second-order valence-electron chi connectivity index (χ2n) is 4.85. The Morgan fingerprint density at radius 3 is 2.68 bits per heavy atom. The van der Waals surface area contributed by atoms with Gasteiger partial charge in [0.15, 0.2) is 0 Å². The predicted octanol–water partition coefficient (Wildman–Crippen LogP) is 3.28. The molecule has 116 valence electrons. The maximum Gasteiger partial charge on any atom is 0.258 e. The molecule has 2 aromatic rings. The van der Waals surface area contributed by atoms with Gasteiger partial charge in [-0.2, -0.15) is 0 Å². The second-order valence-corrected chi connectivity index (χ2v) is 4.85. The van der Waals surface area contributed by atoms with Gasteiger partial charge in [0.25, 0.3) is 5.91 Å². The van der Waals surface area contributed by atoms with Crippen molar-refractivity contribution in [2.24, 2.45) is 0 Å². The van der Waals surface area contributed by atoms with Crippen molar-refractivity contribution in [2.45, 2.75) is 20.5 Å². The highest BCUT2D eigenvalue weighted by atomic mass is 19.1. The average molecular weight is 303 g/mol. The summed E-state index contributed by atoms with van der Waals surface area (Å²) in [5, 5.41) is 12.0. The number of hydrogen-bond acceptors (Lipinski definition) is 3. The predicted molar refractivity (Wildman–Crippen MR) is 82.6 cm³/mol. The van der Waals surface area contributed by atoms with E-state index in [-0.39, 0.29) is 12.2 Å². The van der Waals surface area contributed by atoms with Crippen LogP contribution in [0.1, 0.15) is 28.4 Å². The molecule has 0 spiro atoms. The number of aliphatic hydroxyl groups excluding tert-OH is 1. The van der Waals surface area contributed by atoms with Crippen LogP contribution in [-0.4, -0.2) is 17.6 Å². The molecule has 22 heavy (non-hydrogen) atoms. The number of aliphatic hydroxyl groups is 1. The zero-order valence-corrected chi connectivity index (χ0v) is 12.5. The van der Waals surface area contributed by atoms with Gasteiger partial charge in [-0.1, -0.05) is 6.07 Å². The quantitative estimate of drug-likeness (QED) is 0.891. The lowest BCUT2D eigenvalue weighted by Gasteiger charge is -2.11. The maximum absolute atomic E-state index is 13.8. The van der Waals surface area contributed by atoms with Crippen molar-refractivity contribution in [1.29, 1.82) is 0 Å². The molecule has 0 aliphatic heterocycles. The van der Waals surface area contributed by atoms with Gasteiger partial charge >= 0.3 is 0 Å². The number of anilines is 1. The lowest BCUT2D eigenvalue weighted by Crippen LogP contribution is -2.14. The molecule has 0 unspecified atom stereocenters. The fraction of sp³-hybridized carbons (Fsp3) is 0.235. The van der Waals surface area contributed by atoms with Crippen LogP contribution < -0.4 is 10.1 Å². The number of amides is 1. The Bertz CT molecular complexity index is 686. The van der Waals surface area contributed by atoms with Crippen LogP contribution in [0.5, 0.6) is 5.75 Å². The summed E-state index contributed by atoms with van der Waals surface area (Å²) >= 11 is 0. The molecule has 0 heterocycles. The van der Waals surface area contributed by atoms with Crippen LogP contribution in [0.15, 0.2) is 36.4 Å². The molecule has 0 aliphatic rings. The second kappa shape index (κ2) is 7.04. The van der Waals surface area contributed by atoms with Gasteiger partial charge in [0, 0.05) is 11.3 Å². The van der Waals surface area contributed by atoms with E-state index >= 15 is 0 Å². The average Bonchev–Trinajstić information content (AvgIpc) is 2.48. The van der Waals surface area contributed by atoms with E-state index in [2.05, 4.69) is 5.32 Å². The fourth-order valence-corrected chi connectivity index (χ4v) is 2.08. The van der Waals surface area contributed by atoms with E-state index in [4.69, 9.17) is 4.74 Å². The summed E-state index contributed by atoms with van der Waals surface area (Å²) in [4.78, 5) is 12.1. The topological polar surface area (TPSA) is 58.6 Å². The third kappa shape index (κ3) is 3.62. The zero-order valence-electron chi connectivity index (χ0n) is 12.5. The summed E-state index contributed by atoms with van der Waals surface area (Å²) in [7, 11) is 0. The van der Waals surface area contributed by atoms with E-state index in [9.17, 15) is 14.3 Å². The smallest absolute Gasteiger partial charge is 0.258 e. The number of aryl methyl sites for hydroxylation is 1. The van der Waals surface area contributed by atoms with E-state index in [0.717, 1.165) is 5.56 Å². The van der Waals surface area contributed by atoms with Crippen molar-refractivity contribution < 1.29 is 19.0 Å². The molecule has 5 heteroatoms. The van der Waals surface area contributed by atoms with Crippen molar-refractivity contribution in [1.82, 2.24) is 0 Å². The Hall–Kier alpha value is -2.40. The highest BCUT2D eigenvalue weighted by Crippen LogP contribution is 2.23. The van der Waals surface area contributed by atoms with Gasteiger partial charge in [0.2, 0.25) is 0 Å². The van der Waals surface area contributed by atoms with Gasteiger partial charge in [0.05, 0.1) is 18.8 Å². The molecule has 0 radical (unpaired) electrons. The molecule has 0 aliphatic carbocycles. The van der Waals surface area contributed by atoms with Gasteiger partial charge in [0.1, 0.15) is 11.6 Å². The Morgan fingerprint density at radius 1 is 1.27 bits per heavy atom. The lowest BCUT2D eigenvalue weighted by atomic mass is 10.1. The summed E-state index contributed by atoms with van der Waals surface area (Å²) < 4.78 is 19.2.